The fraction of sp³-hybridized carbons (Fsp3) is 0.167. The van der Waals surface area contributed by atoms with Crippen LogP contribution >= 0.6 is 15.9 Å². The summed E-state index contributed by atoms with van der Waals surface area (Å²) in [6.07, 6.45) is 1.41. The maximum Gasteiger partial charge on any atom is 0.264 e. The number of aryl methyl sites for hydroxylation is 1. The topological polar surface area (TPSA) is 54.5 Å². The number of nitrogens with zero attached hydrogens (tertiary/aromatic N) is 1. The van der Waals surface area contributed by atoms with E-state index in [0.717, 1.165) is 15.9 Å². The van der Waals surface area contributed by atoms with Gasteiger partial charge in [-0.3, -0.25) is 9.10 Å². The molecule has 0 spiro atoms. The SMILES string of the molecule is C=CCN(c1cc(Br)c(F)cc1C(C)=O)S(=O)(=O)c1ccc(C)cc1. The van der Waals surface area contributed by atoms with Gasteiger partial charge in [0.1, 0.15) is 5.82 Å². The van der Waals surface area contributed by atoms with Crippen LogP contribution in [0.25, 0.3) is 0 Å². The van der Waals surface area contributed by atoms with E-state index < -0.39 is 21.6 Å². The number of rotatable bonds is 6. The van der Waals surface area contributed by atoms with E-state index in [-0.39, 0.29) is 27.2 Å². The largest absolute Gasteiger partial charge is 0.294 e. The van der Waals surface area contributed by atoms with Gasteiger partial charge in [0.15, 0.2) is 5.78 Å². The number of ketones is 1. The Morgan fingerprint density at radius 3 is 2.40 bits per heavy atom. The maximum absolute atomic E-state index is 13.8. The van der Waals surface area contributed by atoms with Gasteiger partial charge < -0.3 is 0 Å². The Kier molecular flexibility index (Phi) is 5.80. The van der Waals surface area contributed by atoms with Crippen LogP contribution in [-0.2, 0) is 10.0 Å². The van der Waals surface area contributed by atoms with Gasteiger partial charge in [0, 0.05) is 5.56 Å². The van der Waals surface area contributed by atoms with Crippen molar-refractivity contribution in [3.05, 3.63) is 70.5 Å². The standard InChI is InChI=1S/C18H17BrFNO3S/c1-4-9-21(25(23,24)14-7-5-12(2)6-8-14)18-11-16(19)17(20)10-15(18)13(3)22/h4-8,10-11H,1,9H2,2-3H3. The lowest BCUT2D eigenvalue weighted by molar-refractivity contribution is 0.101. The van der Waals surface area contributed by atoms with E-state index in [1.54, 1.807) is 12.1 Å². The van der Waals surface area contributed by atoms with Crippen molar-refractivity contribution in [1.29, 1.82) is 0 Å². The summed E-state index contributed by atoms with van der Waals surface area (Å²) in [5.74, 6) is -1.07. The van der Waals surface area contributed by atoms with Crippen LogP contribution in [0.1, 0.15) is 22.8 Å². The maximum atomic E-state index is 13.8. The summed E-state index contributed by atoms with van der Waals surface area (Å²) in [6, 6.07) is 8.68. The molecule has 0 N–H and O–H groups in total. The normalized spacial score (nSPS) is 11.2. The van der Waals surface area contributed by atoms with E-state index in [0.29, 0.717) is 0 Å². The van der Waals surface area contributed by atoms with Crippen molar-refractivity contribution in [2.24, 2.45) is 0 Å². The molecule has 0 aromatic heterocycles. The van der Waals surface area contributed by atoms with Crippen LogP contribution in [0, 0.1) is 12.7 Å². The molecule has 0 fully saturated rings. The third-order valence-corrected chi connectivity index (χ3v) is 5.99. The lowest BCUT2D eigenvalue weighted by Gasteiger charge is -2.25. The van der Waals surface area contributed by atoms with Crippen LogP contribution in [0.5, 0.6) is 0 Å². The van der Waals surface area contributed by atoms with Gasteiger partial charge in [-0.1, -0.05) is 23.8 Å². The number of halogens is 2. The number of benzene rings is 2. The highest BCUT2D eigenvalue weighted by molar-refractivity contribution is 9.10. The summed E-state index contributed by atoms with van der Waals surface area (Å²) in [5.41, 5.74) is 1.00. The molecule has 2 aromatic carbocycles. The van der Waals surface area contributed by atoms with E-state index in [2.05, 4.69) is 22.5 Å². The summed E-state index contributed by atoms with van der Waals surface area (Å²) >= 11 is 3.05. The van der Waals surface area contributed by atoms with Gasteiger partial charge in [-0.05, 0) is 54.0 Å². The molecule has 0 bridgehead atoms. The number of carbonyl (C=O) groups excluding carboxylic acids is 1. The third kappa shape index (κ3) is 3.99. The number of anilines is 1. The first-order valence-corrected chi connectivity index (χ1v) is 9.62. The van der Waals surface area contributed by atoms with E-state index >= 15 is 0 Å². The Labute approximate surface area is 155 Å². The zero-order valence-corrected chi connectivity index (χ0v) is 16.2. The van der Waals surface area contributed by atoms with Gasteiger partial charge in [0.25, 0.3) is 10.0 Å². The molecule has 132 valence electrons. The molecule has 0 atom stereocenters. The zero-order valence-electron chi connectivity index (χ0n) is 13.8. The molecular weight excluding hydrogens is 409 g/mol. The minimum absolute atomic E-state index is 0.0155. The van der Waals surface area contributed by atoms with Gasteiger partial charge in [-0.15, -0.1) is 6.58 Å². The number of carbonyl (C=O) groups is 1. The van der Waals surface area contributed by atoms with Crippen LogP contribution < -0.4 is 4.31 Å². The molecule has 0 aliphatic carbocycles. The predicted molar refractivity (Wildman–Crippen MR) is 100 cm³/mol. The fourth-order valence-corrected chi connectivity index (χ4v) is 4.08. The summed E-state index contributed by atoms with van der Waals surface area (Å²) in [7, 11) is -3.95. The lowest BCUT2D eigenvalue weighted by atomic mass is 10.1. The van der Waals surface area contributed by atoms with Crippen LogP contribution in [0.2, 0.25) is 0 Å². The summed E-state index contributed by atoms with van der Waals surface area (Å²) < 4.78 is 41.1. The highest BCUT2D eigenvalue weighted by Crippen LogP contribution is 2.32. The second-order valence-corrected chi connectivity index (χ2v) is 8.19. The minimum atomic E-state index is -3.95. The highest BCUT2D eigenvalue weighted by Gasteiger charge is 2.28. The molecule has 25 heavy (non-hydrogen) atoms. The second kappa shape index (κ2) is 7.49. The van der Waals surface area contributed by atoms with Crippen molar-refractivity contribution in [1.82, 2.24) is 0 Å². The molecule has 7 heteroatoms. The summed E-state index contributed by atoms with van der Waals surface area (Å²) in [6.45, 7) is 6.63. The van der Waals surface area contributed by atoms with Crippen molar-refractivity contribution in [2.45, 2.75) is 18.7 Å². The molecule has 2 aromatic rings. The average molecular weight is 426 g/mol. The molecule has 0 heterocycles. The zero-order chi connectivity index (χ0) is 18.8. The minimum Gasteiger partial charge on any atom is -0.294 e. The highest BCUT2D eigenvalue weighted by atomic mass is 79.9. The third-order valence-electron chi connectivity index (χ3n) is 3.59. The van der Waals surface area contributed by atoms with Crippen LogP contribution in [-0.4, -0.2) is 20.7 Å². The van der Waals surface area contributed by atoms with E-state index in [1.807, 2.05) is 6.92 Å². The molecule has 0 unspecified atom stereocenters. The van der Waals surface area contributed by atoms with Crippen LogP contribution in [0.3, 0.4) is 0 Å². The van der Waals surface area contributed by atoms with Crippen LogP contribution in [0.15, 0.2) is 58.4 Å². The predicted octanol–water partition coefficient (Wildman–Crippen LogP) is 4.48. The Morgan fingerprint density at radius 2 is 1.88 bits per heavy atom. The van der Waals surface area contributed by atoms with Gasteiger partial charge in [0.05, 0.1) is 21.6 Å². The van der Waals surface area contributed by atoms with Crippen LogP contribution in [0.4, 0.5) is 10.1 Å². The fourth-order valence-electron chi connectivity index (χ4n) is 2.31. The average Bonchev–Trinajstić information content (AvgIpc) is 2.55. The van der Waals surface area contributed by atoms with Gasteiger partial charge in [-0.25, -0.2) is 12.8 Å². The van der Waals surface area contributed by atoms with E-state index in [1.165, 1.54) is 31.2 Å². The Hall–Kier alpha value is -1.99. The number of hydrogen-bond acceptors (Lipinski definition) is 3. The molecular formula is C18H17BrFNO3S. The first kappa shape index (κ1) is 19.3. The first-order valence-electron chi connectivity index (χ1n) is 7.38. The monoisotopic (exact) mass is 425 g/mol. The molecule has 0 radical (unpaired) electrons. The molecule has 0 saturated carbocycles. The lowest BCUT2D eigenvalue weighted by Crippen LogP contribution is -2.32. The molecule has 0 aliphatic heterocycles. The molecule has 4 nitrogen and oxygen atoms in total. The second-order valence-electron chi connectivity index (χ2n) is 5.48. The Balaban J connectivity index is 2.70. The molecule has 0 aliphatic rings. The van der Waals surface area contributed by atoms with Crippen molar-refractivity contribution < 1.29 is 17.6 Å². The number of Topliss-reactive ketones (excluding diaryl/α,β-unsaturated/α-hetero) is 1. The quantitative estimate of drug-likeness (QED) is 0.506. The van der Waals surface area contributed by atoms with E-state index in [9.17, 15) is 17.6 Å². The molecule has 0 amide bonds. The molecule has 2 rings (SSSR count). The van der Waals surface area contributed by atoms with Crippen molar-refractivity contribution >= 4 is 37.4 Å². The Bertz CT molecular complexity index is 924. The first-order chi connectivity index (χ1) is 11.7. The summed E-state index contributed by atoms with van der Waals surface area (Å²) in [5, 5.41) is 0. The number of hydrogen-bond donors (Lipinski definition) is 0. The molecule has 0 saturated heterocycles. The van der Waals surface area contributed by atoms with Crippen molar-refractivity contribution in [2.75, 3.05) is 10.8 Å². The number of sulfonamides is 1. The summed E-state index contributed by atoms with van der Waals surface area (Å²) in [4.78, 5) is 12.0. The van der Waals surface area contributed by atoms with E-state index in [4.69, 9.17) is 0 Å². The van der Waals surface area contributed by atoms with Crippen molar-refractivity contribution in [3.8, 4) is 0 Å². The van der Waals surface area contributed by atoms with Gasteiger partial charge in [-0.2, -0.15) is 0 Å². The van der Waals surface area contributed by atoms with Gasteiger partial charge >= 0.3 is 0 Å². The smallest absolute Gasteiger partial charge is 0.264 e. The van der Waals surface area contributed by atoms with Crippen molar-refractivity contribution in [3.63, 3.8) is 0 Å². The van der Waals surface area contributed by atoms with Gasteiger partial charge in [0.2, 0.25) is 0 Å². The Morgan fingerprint density at radius 1 is 1.28 bits per heavy atom.